The highest BCUT2D eigenvalue weighted by Gasteiger charge is 2.29. The molecular weight excluding hydrogens is 345 g/mol. The van der Waals surface area contributed by atoms with Crippen molar-refractivity contribution in [2.24, 2.45) is 5.92 Å². The fraction of sp³-hybridized carbons (Fsp3) is 0.444. The summed E-state index contributed by atoms with van der Waals surface area (Å²) in [6.45, 7) is 3.92. The lowest BCUT2D eigenvalue weighted by Gasteiger charge is -2.31. The van der Waals surface area contributed by atoms with Crippen LogP contribution in [0.4, 0.5) is 0 Å². The van der Waals surface area contributed by atoms with Crippen LogP contribution < -0.4 is 0 Å². The molecule has 128 valence electrons. The standard InChI is InChI=1S/C18H21Cl2N3O/c1-2-22(18(24)14-4-3-5-14)12-17-21-8-9-23(17)11-13-6-7-15(19)16(20)10-13/h6-10,14H,2-5,11-12H2,1H3. The van der Waals surface area contributed by atoms with Gasteiger partial charge < -0.3 is 9.47 Å². The minimum atomic E-state index is 0.212. The van der Waals surface area contributed by atoms with Gasteiger partial charge >= 0.3 is 0 Å². The van der Waals surface area contributed by atoms with Gasteiger partial charge in [-0.25, -0.2) is 4.98 Å². The monoisotopic (exact) mass is 365 g/mol. The van der Waals surface area contributed by atoms with Gasteiger partial charge in [-0.05, 0) is 37.5 Å². The number of hydrogen-bond donors (Lipinski definition) is 0. The molecule has 1 saturated carbocycles. The third-order valence-electron chi connectivity index (χ3n) is 4.62. The van der Waals surface area contributed by atoms with Crippen molar-refractivity contribution in [2.75, 3.05) is 6.54 Å². The van der Waals surface area contributed by atoms with Crippen LogP contribution >= 0.6 is 23.2 Å². The molecule has 1 amide bonds. The highest BCUT2D eigenvalue weighted by molar-refractivity contribution is 6.42. The summed E-state index contributed by atoms with van der Waals surface area (Å²) in [5.41, 5.74) is 1.05. The Hall–Kier alpha value is -1.52. The number of rotatable bonds is 6. The number of carbonyl (C=O) groups excluding carboxylic acids is 1. The predicted molar refractivity (Wildman–Crippen MR) is 96.2 cm³/mol. The summed E-state index contributed by atoms with van der Waals surface area (Å²) in [6, 6.07) is 5.62. The third-order valence-corrected chi connectivity index (χ3v) is 5.36. The van der Waals surface area contributed by atoms with Crippen LogP contribution in [0.3, 0.4) is 0 Å². The number of aromatic nitrogens is 2. The molecule has 1 heterocycles. The SMILES string of the molecule is CCN(Cc1nccn1Cc1ccc(Cl)c(Cl)c1)C(=O)C1CCC1. The van der Waals surface area contributed by atoms with Crippen molar-refractivity contribution in [3.05, 3.63) is 52.0 Å². The number of benzene rings is 1. The molecule has 0 unspecified atom stereocenters. The molecular formula is C18H21Cl2N3O. The number of amides is 1. The Balaban J connectivity index is 1.71. The van der Waals surface area contributed by atoms with Crippen molar-refractivity contribution in [3.63, 3.8) is 0 Å². The van der Waals surface area contributed by atoms with E-state index in [-0.39, 0.29) is 11.8 Å². The van der Waals surface area contributed by atoms with E-state index in [1.165, 1.54) is 6.42 Å². The Morgan fingerprint density at radius 1 is 1.33 bits per heavy atom. The van der Waals surface area contributed by atoms with Crippen molar-refractivity contribution in [3.8, 4) is 0 Å². The van der Waals surface area contributed by atoms with Gasteiger partial charge in [-0.3, -0.25) is 4.79 Å². The Kier molecular flexibility index (Phi) is 5.47. The Labute approximate surface area is 152 Å². The maximum atomic E-state index is 12.5. The number of hydrogen-bond acceptors (Lipinski definition) is 2. The summed E-state index contributed by atoms with van der Waals surface area (Å²) in [5.74, 6) is 1.35. The molecule has 1 aromatic heterocycles. The molecule has 4 nitrogen and oxygen atoms in total. The van der Waals surface area contributed by atoms with Gasteiger partial charge in [0.15, 0.2) is 0 Å². The van der Waals surface area contributed by atoms with Crippen molar-refractivity contribution in [1.82, 2.24) is 14.5 Å². The van der Waals surface area contributed by atoms with Gasteiger partial charge in [0.1, 0.15) is 5.82 Å². The molecule has 0 atom stereocenters. The highest BCUT2D eigenvalue weighted by Crippen LogP contribution is 2.28. The highest BCUT2D eigenvalue weighted by atomic mass is 35.5. The van der Waals surface area contributed by atoms with Crippen molar-refractivity contribution in [2.45, 2.75) is 39.3 Å². The smallest absolute Gasteiger partial charge is 0.226 e. The molecule has 1 aliphatic rings. The van der Waals surface area contributed by atoms with E-state index < -0.39 is 0 Å². The summed E-state index contributed by atoms with van der Waals surface area (Å²) in [6.07, 6.45) is 6.91. The molecule has 0 spiro atoms. The van der Waals surface area contributed by atoms with Gasteiger partial charge in [-0.1, -0.05) is 35.7 Å². The number of halogens is 2. The van der Waals surface area contributed by atoms with Crippen molar-refractivity contribution < 1.29 is 4.79 Å². The van der Waals surface area contributed by atoms with Gasteiger partial charge in [-0.2, -0.15) is 0 Å². The van der Waals surface area contributed by atoms with Gasteiger partial charge in [0, 0.05) is 31.4 Å². The fourth-order valence-electron chi connectivity index (χ4n) is 2.90. The lowest BCUT2D eigenvalue weighted by atomic mass is 9.84. The maximum Gasteiger partial charge on any atom is 0.226 e. The lowest BCUT2D eigenvalue weighted by Crippen LogP contribution is -2.38. The topological polar surface area (TPSA) is 38.1 Å². The van der Waals surface area contributed by atoms with E-state index in [0.29, 0.717) is 29.7 Å². The average molecular weight is 366 g/mol. The zero-order valence-corrected chi connectivity index (χ0v) is 15.2. The van der Waals surface area contributed by atoms with Gasteiger partial charge in [0.2, 0.25) is 5.91 Å². The van der Waals surface area contributed by atoms with E-state index in [1.54, 1.807) is 12.3 Å². The molecule has 0 bridgehead atoms. The summed E-state index contributed by atoms with van der Waals surface area (Å²) >= 11 is 12.1. The van der Waals surface area contributed by atoms with Crippen molar-refractivity contribution in [1.29, 1.82) is 0 Å². The molecule has 0 saturated heterocycles. The number of carbonyl (C=O) groups is 1. The molecule has 24 heavy (non-hydrogen) atoms. The minimum Gasteiger partial charge on any atom is -0.335 e. The van der Waals surface area contributed by atoms with Crippen LogP contribution in [0.5, 0.6) is 0 Å². The number of nitrogens with zero attached hydrogens (tertiary/aromatic N) is 3. The molecule has 6 heteroatoms. The summed E-state index contributed by atoms with van der Waals surface area (Å²) < 4.78 is 2.05. The lowest BCUT2D eigenvalue weighted by molar-refractivity contribution is -0.138. The van der Waals surface area contributed by atoms with E-state index in [4.69, 9.17) is 23.2 Å². The number of imidazole rings is 1. The Bertz CT molecular complexity index is 725. The van der Waals surface area contributed by atoms with Gasteiger partial charge in [0.25, 0.3) is 0 Å². The van der Waals surface area contributed by atoms with Crippen LogP contribution in [0.25, 0.3) is 0 Å². The Morgan fingerprint density at radius 2 is 2.12 bits per heavy atom. The molecule has 1 aliphatic carbocycles. The molecule has 0 radical (unpaired) electrons. The second kappa shape index (κ2) is 7.58. The second-order valence-corrected chi connectivity index (χ2v) is 7.01. The van der Waals surface area contributed by atoms with E-state index in [2.05, 4.69) is 9.55 Å². The summed E-state index contributed by atoms with van der Waals surface area (Å²) in [7, 11) is 0. The van der Waals surface area contributed by atoms with Crippen LogP contribution in [0.15, 0.2) is 30.6 Å². The zero-order valence-electron chi connectivity index (χ0n) is 13.7. The first-order valence-corrected chi connectivity index (χ1v) is 9.06. The molecule has 0 aliphatic heterocycles. The molecule has 0 N–H and O–H groups in total. The summed E-state index contributed by atoms with van der Waals surface area (Å²) in [4.78, 5) is 18.8. The first-order chi connectivity index (χ1) is 11.6. The van der Waals surface area contributed by atoms with Crippen LogP contribution in [0, 0.1) is 5.92 Å². The molecule has 1 fully saturated rings. The zero-order chi connectivity index (χ0) is 17.1. The maximum absolute atomic E-state index is 12.5. The van der Waals surface area contributed by atoms with Crippen LogP contribution in [-0.4, -0.2) is 26.9 Å². The molecule has 2 aromatic rings. The van der Waals surface area contributed by atoms with E-state index >= 15 is 0 Å². The fourth-order valence-corrected chi connectivity index (χ4v) is 3.22. The quantitative estimate of drug-likeness (QED) is 0.761. The predicted octanol–water partition coefficient (Wildman–Crippen LogP) is 4.39. The normalized spacial score (nSPS) is 14.5. The van der Waals surface area contributed by atoms with Gasteiger partial charge in [-0.15, -0.1) is 0 Å². The van der Waals surface area contributed by atoms with E-state index in [1.807, 2.05) is 30.2 Å². The largest absolute Gasteiger partial charge is 0.335 e. The van der Waals surface area contributed by atoms with Crippen LogP contribution in [0.1, 0.15) is 37.6 Å². The van der Waals surface area contributed by atoms with Crippen LogP contribution in [-0.2, 0) is 17.9 Å². The second-order valence-electron chi connectivity index (χ2n) is 6.20. The van der Waals surface area contributed by atoms with Crippen molar-refractivity contribution >= 4 is 29.1 Å². The summed E-state index contributed by atoms with van der Waals surface area (Å²) in [5, 5.41) is 1.10. The van der Waals surface area contributed by atoms with Gasteiger partial charge in [0.05, 0.1) is 16.6 Å². The van der Waals surface area contributed by atoms with Crippen LogP contribution in [0.2, 0.25) is 10.0 Å². The average Bonchev–Trinajstić information content (AvgIpc) is 2.93. The minimum absolute atomic E-state index is 0.212. The Morgan fingerprint density at radius 3 is 2.75 bits per heavy atom. The molecule has 3 rings (SSSR count). The molecule has 1 aromatic carbocycles. The first-order valence-electron chi connectivity index (χ1n) is 8.31. The van der Waals surface area contributed by atoms with E-state index in [9.17, 15) is 4.79 Å². The first kappa shape index (κ1) is 17.3. The van der Waals surface area contributed by atoms with E-state index in [0.717, 1.165) is 24.2 Å². The third kappa shape index (κ3) is 3.76.